The fraction of sp³-hybridized carbons (Fsp3) is 0.364. The molecule has 1 aliphatic carbocycles. The first-order valence-electron chi connectivity index (χ1n) is 9.79. The summed E-state index contributed by atoms with van der Waals surface area (Å²) in [5, 5.41) is 3.78. The van der Waals surface area contributed by atoms with Gasteiger partial charge in [-0.15, -0.1) is 0 Å². The molecule has 0 aliphatic heterocycles. The van der Waals surface area contributed by atoms with E-state index in [1.54, 1.807) is 13.2 Å². The molecule has 2 aromatic carbocycles. The molecule has 1 amide bonds. The number of carbonyl (C=O) groups is 1. The van der Waals surface area contributed by atoms with Crippen LogP contribution in [-0.2, 0) is 4.79 Å². The van der Waals surface area contributed by atoms with E-state index in [1.807, 2.05) is 18.2 Å². The maximum absolute atomic E-state index is 12.2. The number of ether oxygens (including phenoxy) is 2. The highest BCUT2D eigenvalue weighted by molar-refractivity contribution is 7.22. The van der Waals surface area contributed by atoms with Crippen molar-refractivity contribution >= 4 is 44.2 Å². The number of aromatic nitrogens is 1. The molecule has 0 unspecified atom stereocenters. The van der Waals surface area contributed by atoms with Gasteiger partial charge in [-0.3, -0.25) is 10.1 Å². The van der Waals surface area contributed by atoms with Gasteiger partial charge < -0.3 is 9.47 Å². The number of hydrogen-bond acceptors (Lipinski definition) is 5. The second-order valence-electron chi connectivity index (χ2n) is 7.21. The van der Waals surface area contributed by atoms with E-state index >= 15 is 0 Å². The third kappa shape index (κ3) is 4.82. The van der Waals surface area contributed by atoms with Crippen molar-refractivity contribution in [2.45, 2.75) is 38.0 Å². The molecule has 0 bridgehead atoms. The Kier molecular flexibility index (Phi) is 6.21. The molecular weight excluding hydrogens is 408 g/mol. The fourth-order valence-electron chi connectivity index (χ4n) is 3.72. The van der Waals surface area contributed by atoms with Crippen molar-refractivity contribution in [2.75, 3.05) is 19.0 Å². The number of anilines is 1. The molecule has 29 heavy (non-hydrogen) atoms. The number of hydrogen-bond donors (Lipinski definition) is 1. The molecule has 1 heterocycles. The van der Waals surface area contributed by atoms with Gasteiger partial charge in [-0.25, -0.2) is 4.98 Å². The zero-order valence-corrected chi connectivity index (χ0v) is 17.8. The van der Waals surface area contributed by atoms with E-state index in [9.17, 15) is 4.79 Å². The predicted molar refractivity (Wildman–Crippen MR) is 118 cm³/mol. The summed E-state index contributed by atoms with van der Waals surface area (Å²) in [6, 6.07) is 11.7. The third-order valence-corrected chi connectivity index (χ3v) is 6.46. The summed E-state index contributed by atoms with van der Waals surface area (Å²) in [5.41, 5.74) is 2.08. The lowest BCUT2D eigenvalue weighted by Gasteiger charge is -2.22. The highest BCUT2D eigenvalue weighted by atomic mass is 35.5. The molecule has 0 radical (unpaired) electrons. The maximum Gasteiger partial charge on any atom is 0.264 e. The molecule has 1 aliphatic rings. The van der Waals surface area contributed by atoms with E-state index in [0.29, 0.717) is 27.6 Å². The second kappa shape index (κ2) is 9.01. The Labute approximate surface area is 179 Å². The average Bonchev–Trinajstić information content (AvgIpc) is 3.13. The van der Waals surface area contributed by atoms with E-state index in [2.05, 4.69) is 22.4 Å². The quantitative estimate of drug-likeness (QED) is 0.519. The summed E-state index contributed by atoms with van der Waals surface area (Å²) in [4.78, 5) is 16.6. The predicted octanol–water partition coefficient (Wildman–Crippen LogP) is 6.02. The number of amides is 1. The summed E-state index contributed by atoms with van der Waals surface area (Å²) >= 11 is 7.49. The van der Waals surface area contributed by atoms with Crippen molar-refractivity contribution < 1.29 is 14.3 Å². The van der Waals surface area contributed by atoms with Crippen molar-refractivity contribution in [3.8, 4) is 11.5 Å². The SMILES string of the molecule is COc1cc2sc(NC(=O)COc3ccc(C4CCCCC4)cc3)nc2cc1Cl. The van der Waals surface area contributed by atoms with Crippen molar-refractivity contribution in [1.29, 1.82) is 0 Å². The van der Waals surface area contributed by atoms with Crippen LogP contribution < -0.4 is 14.8 Å². The maximum atomic E-state index is 12.2. The van der Waals surface area contributed by atoms with E-state index in [1.165, 1.54) is 49.0 Å². The van der Waals surface area contributed by atoms with Crippen LogP contribution in [0, 0.1) is 0 Å². The van der Waals surface area contributed by atoms with E-state index in [-0.39, 0.29) is 12.5 Å². The van der Waals surface area contributed by atoms with E-state index in [0.717, 1.165) is 10.2 Å². The molecule has 0 saturated heterocycles. The highest BCUT2D eigenvalue weighted by Gasteiger charge is 2.15. The van der Waals surface area contributed by atoms with Gasteiger partial charge in [0.15, 0.2) is 11.7 Å². The Morgan fingerprint density at radius 3 is 2.69 bits per heavy atom. The van der Waals surface area contributed by atoms with Gasteiger partial charge in [-0.2, -0.15) is 0 Å². The van der Waals surface area contributed by atoms with Gasteiger partial charge in [0.2, 0.25) is 0 Å². The Morgan fingerprint density at radius 1 is 1.21 bits per heavy atom. The molecule has 1 fully saturated rings. The molecule has 1 N–H and O–H groups in total. The smallest absolute Gasteiger partial charge is 0.264 e. The number of nitrogens with one attached hydrogen (secondary N) is 1. The van der Waals surface area contributed by atoms with Gasteiger partial charge in [0.1, 0.15) is 11.5 Å². The lowest BCUT2D eigenvalue weighted by molar-refractivity contribution is -0.118. The summed E-state index contributed by atoms with van der Waals surface area (Å²) < 4.78 is 11.7. The minimum absolute atomic E-state index is 0.0667. The number of methoxy groups -OCH3 is 1. The zero-order chi connectivity index (χ0) is 20.2. The van der Waals surface area contributed by atoms with Crippen molar-refractivity contribution in [1.82, 2.24) is 4.98 Å². The number of halogens is 1. The monoisotopic (exact) mass is 430 g/mol. The summed E-state index contributed by atoms with van der Waals surface area (Å²) in [6.45, 7) is -0.0667. The lowest BCUT2D eigenvalue weighted by atomic mass is 9.84. The van der Waals surface area contributed by atoms with Crippen LogP contribution in [0.1, 0.15) is 43.6 Å². The van der Waals surface area contributed by atoms with Crippen LogP contribution in [0.4, 0.5) is 5.13 Å². The van der Waals surface area contributed by atoms with Gasteiger partial charge in [0.25, 0.3) is 5.91 Å². The average molecular weight is 431 g/mol. The molecule has 4 rings (SSSR count). The number of rotatable bonds is 6. The Hall–Kier alpha value is -2.31. The molecule has 152 valence electrons. The largest absolute Gasteiger partial charge is 0.495 e. The van der Waals surface area contributed by atoms with Crippen LogP contribution in [0.5, 0.6) is 11.5 Å². The molecule has 0 spiro atoms. The number of carbonyl (C=O) groups excluding carboxylic acids is 1. The van der Waals surface area contributed by atoms with Gasteiger partial charge in [0, 0.05) is 6.07 Å². The third-order valence-electron chi connectivity index (χ3n) is 5.23. The first-order valence-corrected chi connectivity index (χ1v) is 11.0. The zero-order valence-electron chi connectivity index (χ0n) is 16.2. The van der Waals surface area contributed by atoms with Crippen LogP contribution in [-0.4, -0.2) is 24.6 Å². The number of nitrogens with zero attached hydrogens (tertiary/aromatic N) is 1. The van der Waals surface area contributed by atoms with Gasteiger partial charge in [-0.1, -0.05) is 54.3 Å². The molecule has 7 heteroatoms. The van der Waals surface area contributed by atoms with Crippen molar-refractivity contribution in [3.63, 3.8) is 0 Å². The van der Waals surface area contributed by atoms with Crippen LogP contribution in [0.15, 0.2) is 36.4 Å². The number of fused-ring (bicyclic) bond motifs is 1. The van der Waals surface area contributed by atoms with Crippen molar-refractivity contribution in [3.05, 3.63) is 47.0 Å². The van der Waals surface area contributed by atoms with Gasteiger partial charge >= 0.3 is 0 Å². The fourth-order valence-corrected chi connectivity index (χ4v) is 4.84. The normalized spacial score (nSPS) is 14.7. The van der Waals surface area contributed by atoms with Crippen LogP contribution in [0.3, 0.4) is 0 Å². The Bertz CT molecular complexity index is 997. The topological polar surface area (TPSA) is 60.5 Å². The first-order chi connectivity index (χ1) is 14.1. The molecule has 5 nitrogen and oxygen atoms in total. The molecule has 1 aromatic heterocycles. The molecule has 1 saturated carbocycles. The van der Waals surface area contributed by atoms with Crippen LogP contribution >= 0.6 is 22.9 Å². The van der Waals surface area contributed by atoms with E-state index < -0.39 is 0 Å². The minimum atomic E-state index is -0.251. The standard InChI is InChI=1S/C22H23ClN2O3S/c1-27-19-12-20-18(11-17(19)23)24-22(29-20)25-21(26)13-28-16-9-7-15(8-10-16)14-5-3-2-4-6-14/h7-12,14H,2-6,13H2,1H3,(H,24,25,26). The first kappa shape index (κ1) is 20.0. The summed E-state index contributed by atoms with van der Waals surface area (Å²) in [6.07, 6.45) is 6.51. The van der Waals surface area contributed by atoms with E-state index in [4.69, 9.17) is 21.1 Å². The second-order valence-corrected chi connectivity index (χ2v) is 8.65. The number of thiazole rings is 1. The minimum Gasteiger partial charge on any atom is -0.495 e. The molecule has 3 aromatic rings. The summed E-state index contributed by atoms with van der Waals surface area (Å²) in [7, 11) is 1.57. The Balaban J connectivity index is 1.33. The number of benzene rings is 2. The van der Waals surface area contributed by atoms with Gasteiger partial charge in [-0.05, 0) is 42.5 Å². The molecule has 0 atom stereocenters. The lowest BCUT2D eigenvalue weighted by Crippen LogP contribution is -2.20. The Morgan fingerprint density at radius 2 is 1.97 bits per heavy atom. The summed E-state index contributed by atoms with van der Waals surface area (Å²) in [5.74, 6) is 1.69. The van der Waals surface area contributed by atoms with Crippen molar-refractivity contribution in [2.24, 2.45) is 0 Å². The van der Waals surface area contributed by atoms with Crippen LogP contribution in [0.2, 0.25) is 5.02 Å². The van der Waals surface area contributed by atoms with Gasteiger partial charge in [0.05, 0.1) is 22.3 Å². The highest BCUT2D eigenvalue weighted by Crippen LogP contribution is 2.35. The molecular formula is C22H23ClN2O3S. The van der Waals surface area contributed by atoms with Crippen LogP contribution in [0.25, 0.3) is 10.2 Å².